The molecule has 0 saturated heterocycles. The van der Waals surface area contributed by atoms with E-state index in [9.17, 15) is 14.4 Å². The van der Waals surface area contributed by atoms with Crippen LogP contribution in [0.3, 0.4) is 0 Å². The molecule has 6 heteroatoms. The molecule has 1 atom stereocenters. The molecule has 0 aliphatic heterocycles. The van der Waals surface area contributed by atoms with Gasteiger partial charge in [0.1, 0.15) is 11.5 Å². The van der Waals surface area contributed by atoms with Gasteiger partial charge >= 0.3 is 5.97 Å². The van der Waals surface area contributed by atoms with E-state index in [0.717, 1.165) is 16.7 Å². The molecule has 3 rings (SSSR count). The lowest BCUT2D eigenvalue weighted by molar-refractivity contribution is -0.137. The lowest BCUT2D eigenvalue weighted by atomic mass is 9.68. The molecule has 0 aliphatic rings. The molecule has 6 nitrogen and oxygen atoms in total. The van der Waals surface area contributed by atoms with Gasteiger partial charge < -0.3 is 15.8 Å². The number of hydrogen-bond acceptors (Lipinski definition) is 4. The van der Waals surface area contributed by atoms with E-state index >= 15 is 0 Å². The van der Waals surface area contributed by atoms with E-state index < -0.39 is 29.2 Å². The molecule has 34 heavy (non-hydrogen) atoms. The summed E-state index contributed by atoms with van der Waals surface area (Å²) < 4.78 is 4.86. The van der Waals surface area contributed by atoms with Crippen LogP contribution in [0.4, 0.5) is 0 Å². The average Bonchev–Trinajstić information content (AvgIpc) is 2.86. The van der Waals surface area contributed by atoms with Gasteiger partial charge in [-0.05, 0) is 30.0 Å². The maximum absolute atomic E-state index is 14.1. The number of primary amides is 1. The van der Waals surface area contributed by atoms with Crippen molar-refractivity contribution in [1.29, 1.82) is 0 Å². The third kappa shape index (κ3) is 5.41. The largest absolute Gasteiger partial charge is 0.463 e. The zero-order valence-corrected chi connectivity index (χ0v) is 19.0. The van der Waals surface area contributed by atoms with Crippen LogP contribution in [0.25, 0.3) is 0 Å². The molecular weight excluding hydrogens is 428 g/mol. The fraction of sp³-hybridized carbons (Fsp3) is 0.179. The minimum Gasteiger partial charge on any atom is -0.463 e. The van der Waals surface area contributed by atoms with Crippen molar-refractivity contribution in [3.05, 3.63) is 120 Å². The minimum absolute atomic E-state index is 0.0499. The van der Waals surface area contributed by atoms with E-state index in [2.05, 4.69) is 5.32 Å². The Balaban J connectivity index is 2.08. The first-order valence-corrected chi connectivity index (χ1v) is 11.1. The Bertz CT molecular complexity index is 1030. The first kappa shape index (κ1) is 24.5. The maximum Gasteiger partial charge on any atom is 0.330 e. The number of nitrogens with one attached hydrogen (secondary N) is 1. The van der Waals surface area contributed by atoms with Gasteiger partial charge in [0, 0.05) is 6.08 Å². The van der Waals surface area contributed by atoms with Crippen LogP contribution in [0, 0.1) is 0 Å². The number of nitrogens with two attached hydrogens (primary N) is 1. The molecule has 174 valence electrons. The maximum atomic E-state index is 14.1. The third-order valence-electron chi connectivity index (χ3n) is 5.52. The van der Waals surface area contributed by atoms with Gasteiger partial charge in [-0.3, -0.25) is 9.59 Å². The van der Waals surface area contributed by atoms with Gasteiger partial charge in [-0.2, -0.15) is 0 Å². The highest BCUT2D eigenvalue weighted by Gasteiger charge is 2.44. The highest BCUT2D eigenvalue weighted by atomic mass is 16.5. The quantitative estimate of drug-likeness (QED) is 0.277. The summed E-state index contributed by atoms with van der Waals surface area (Å²) in [6, 6.07) is 27.2. The number of hydrogen-bond donors (Lipinski definition) is 2. The first-order valence-electron chi connectivity index (χ1n) is 11.1. The van der Waals surface area contributed by atoms with E-state index in [1.165, 1.54) is 12.2 Å². The van der Waals surface area contributed by atoms with E-state index in [1.807, 2.05) is 91.0 Å². The van der Waals surface area contributed by atoms with Gasteiger partial charge in [0.15, 0.2) is 0 Å². The minimum atomic E-state index is -1.23. The Labute approximate surface area is 199 Å². The standard InChI is InChI=1S/C28H28N2O4/c1-2-34-25(31)20-12-19-24(26(29)32)30-27(33)28(21-13-6-3-7-14-21,22-15-8-4-9-16-22)23-17-10-5-11-18-23/h3-18,20,24H,2,19H2,1H3,(H2,29,32)(H,30,33)/b20-12+/t24-/m0/s1. The monoisotopic (exact) mass is 456 g/mol. The average molecular weight is 457 g/mol. The van der Waals surface area contributed by atoms with Crippen LogP contribution in [-0.2, 0) is 24.5 Å². The van der Waals surface area contributed by atoms with Crippen LogP contribution in [0.5, 0.6) is 0 Å². The first-order chi connectivity index (χ1) is 16.5. The van der Waals surface area contributed by atoms with Crippen molar-refractivity contribution in [2.24, 2.45) is 5.73 Å². The Morgan fingerprint density at radius 3 is 1.68 bits per heavy atom. The number of ether oxygens (including phenoxy) is 1. The molecule has 0 aromatic heterocycles. The van der Waals surface area contributed by atoms with Crippen molar-refractivity contribution < 1.29 is 19.1 Å². The Morgan fingerprint density at radius 1 is 0.853 bits per heavy atom. The van der Waals surface area contributed by atoms with Crippen molar-refractivity contribution in [2.45, 2.75) is 24.8 Å². The zero-order valence-electron chi connectivity index (χ0n) is 19.0. The summed E-state index contributed by atoms with van der Waals surface area (Å²) in [5, 5.41) is 2.84. The molecule has 0 unspecified atom stereocenters. The van der Waals surface area contributed by atoms with Crippen LogP contribution >= 0.6 is 0 Å². The second kappa shape index (κ2) is 11.6. The topological polar surface area (TPSA) is 98.5 Å². The van der Waals surface area contributed by atoms with E-state index in [-0.39, 0.29) is 13.0 Å². The highest BCUT2D eigenvalue weighted by Crippen LogP contribution is 2.39. The molecule has 0 spiro atoms. The van der Waals surface area contributed by atoms with Gasteiger partial charge in [-0.1, -0.05) is 97.1 Å². The third-order valence-corrected chi connectivity index (χ3v) is 5.52. The molecule has 0 radical (unpaired) electrons. The molecular formula is C28H28N2O4. The summed E-state index contributed by atoms with van der Waals surface area (Å²) in [6.45, 7) is 1.95. The van der Waals surface area contributed by atoms with E-state index in [1.54, 1.807) is 6.92 Å². The van der Waals surface area contributed by atoms with Crippen LogP contribution < -0.4 is 11.1 Å². The number of esters is 1. The second-order valence-electron chi connectivity index (χ2n) is 7.67. The number of carbonyl (C=O) groups excluding carboxylic acids is 3. The van der Waals surface area contributed by atoms with Crippen LogP contribution in [0.2, 0.25) is 0 Å². The summed E-state index contributed by atoms with van der Waals surface area (Å²) in [4.78, 5) is 38.0. The number of benzene rings is 3. The highest BCUT2D eigenvalue weighted by molar-refractivity contribution is 5.98. The van der Waals surface area contributed by atoms with Crippen LogP contribution in [0.1, 0.15) is 30.0 Å². The predicted molar refractivity (Wildman–Crippen MR) is 131 cm³/mol. The lowest BCUT2D eigenvalue weighted by Crippen LogP contribution is -2.53. The van der Waals surface area contributed by atoms with Crippen molar-refractivity contribution in [3.63, 3.8) is 0 Å². The Morgan fingerprint density at radius 2 is 1.29 bits per heavy atom. The predicted octanol–water partition coefficient (Wildman–Crippen LogP) is 3.50. The number of carbonyl (C=O) groups is 3. The molecule has 3 N–H and O–H groups in total. The zero-order chi connectivity index (χ0) is 24.4. The fourth-order valence-electron chi connectivity index (χ4n) is 3.96. The molecule has 0 bridgehead atoms. The molecule has 2 amide bonds. The summed E-state index contributed by atoms with van der Waals surface area (Å²) in [6.07, 6.45) is 2.75. The van der Waals surface area contributed by atoms with Crippen molar-refractivity contribution in [1.82, 2.24) is 5.32 Å². The molecule has 0 fully saturated rings. The smallest absolute Gasteiger partial charge is 0.330 e. The van der Waals surface area contributed by atoms with E-state index in [0.29, 0.717) is 0 Å². The van der Waals surface area contributed by atoms with Crippen LogP contribution in [0.15, 0.2) is 103 Å². The molecule has 0 heterocycles. The summed E-state index contributed by atoms with van der Waals surface area (Å²) in [7, 11) is 0. The van der Waals surface area contributed by atoms with Gasteiger partial charge in [0.05, 0.1) is 6.61 Å². The Kier molecular flexibility index (Phi) is 8.35. The van der Waals surface area contributed by atoms with Gasteiger partial charge in [-0.15, -0.1) is 0 Å². The van der Waals surface area contributed by atoms with Crippen LogP contribution in [-0.4, -0.2) is 30.4 Å². The summed E-state index contributed by atoms with van der Waals surface area (Å²) >= 11 is 0. The molecule has 3 aromatic carbocycles. The number of amides is 2. The van der Waals surface area contributed by atoms with Gasteiger partial charge in [-0.25, -0.2) is 4.79 Å². The summed E-state index contributed by atoms with van der Waals surface area (Å²) in [5.74, 6) is -1.63. The molecule has 3 aromatic rings. The second-order valence-corrected chi connectivity index (χ2v) is 7.67. The summed E-state index contributed by atoms with van der Waals surface area (Å²) in [5.41, 5.74) is 6.62. The van der Waals surface area contributed by atoms with Gasteiger partial charge in [0.25, 0.3) is 0 Å². The molecule has 0 aliphatic carbocycles. The van der Waals surface area contributed by atoms with Gasteiger partial charge in [0.2, 0.25) is 11.8 Å². The van der Waals surface area contributed by atoms with Crippen molar-refractivity contribution >= 4 is 17.8 Å². The van der Waals surface area contributed by atoms with E-state index in [4.69, 9.17) is 10.5 Å². The van der Waals surface area contributed by atoms with Crippen molar-refractivity contribution in [2.75, 3.05) is 6.61 Å². The SMILES string of the molecule is CCOC(=O)/C=C/C[C@H](NC(=O)C(c1ccccc1)(c1ccccc1)c1ccccc1)C(N)=O. The molecule has 0 saturated carbocycles. The Hall–Kier alpha value is -4.19. The van der Waals surface area contributed by atoms with Crippen molar-refractivity contribution in [3.8, 4) is 0 Å². The number of rotatable bonds is 10. The lowest BCUT2D eigenvalue weighted by Gasteiger charge is -2.35. The fourth-order valence-corrected chi connectivity index (χ4v) is 3.96. The normalized spacial score (nSPS) is 12.1.